The van der Waals surface area contributed by atoms with Crippen LogP contribution in [0.1, 0.15) is 98.8 Å². The van der Waals surface area contributed by atoms with Gasteiger partial charge in [0.15, 0.2) is 17.9 Å². The summed E-state index contributed by atoms with van der Waals surface area (Å²) >= 11 is 0. The molecular weight excluding hydrogens is 344 g/mol. The maximum atomic E-state index is 11.5. The highest BCUT2D eigenvalue weighted by Gasteiger charge is 2.53. The molecule has 0 spiro atoms. The molecule has 0 aliphatic carbocycles. The van der Waals surface area contributed by atoms with Gasteiger partial charge in [-0.05, 0) is 34.1 Å². The summed E-state index contributed by atoms with van der Waals surface area (Å²) < 4.78 is 24.0. The van der Waals surface area contributed by atoms with Gasteiger partial charge in [0.2, 0.25) is 0 Å². The van der Waals surface area contributed by atoms with Gasteiger partial charge in [0.05, 0.1) is 6.10 Å². The summed E-state index contributed by atoms with van der Waals surface area (Å²) in [6.07, 6.45) is 12.1. The first kappa shape index (κ1) is 22.8. The molecule has 2 rings (SSSR count). The first-order valence-electron chi connectivity index (χ1n) is 10.9. The molecule has 5 nitrogen and oxygen atoms in total. The van der Waals surface area contributed by atoms with Gasteiger partial charge in [0, 0.05) is 0 Å². The second kappa shape index (κ2) is 10.3. The smallest absolute Gasteiger partial charge is 0.164 e. The minimum Gasteiger partial charge on any atom is -0.344 e. The molecule has 0 radical (unpaired) electrons. The molecule has 27 heavy (non-hydrogen) atoms. The highest BCUT2D eigenvalue weighted by Crippen LogP contribution is 2.39. The zero-order valence-electron chi connectivity index (χ0n) is 18.0. The molecule has 2 fully saturated rings. The summed E-state index contributed by atoms with van der Waals surface area (Å²) in [6.45, 7) is 9.77. The number of ether oxygens (including phenoxy) is 4. The quantitative estimate of drug-likeness (QED) is 0.344. The second-order valence-electron chi connectivity index (χ2n) is 8.96. The van der Waals surface area contributed by atoms with E-state index in [0.717, 1.165) is 19.1 Å². The standard InChI is InChI=1S/C22H40O5/c1-6-7-8-9-10-11-12-13-14-15-17-19(26-21(2,3)24-17)20-18(16-23)25-22(4,5)27-20/h16-20H,6-15H2,1-5H3/t17-,18+,19+,20-/m0/s1. The lowest BCUT2D eigenvalue weighted by atomic mass is 9.98. The maximum Gasteiger partial charge on any atom is 0.164 e. The minimum atomic E-state index is -0.769. The summed E-state index contributed by atoms with van der Waals surface area (Å²) in [6, 6.07) is 0. The Morgan fingerprint density at radius 2 is 1.22 bits per heavy atom. The Labute approximate surface area is 165 Å². The Bertz CT molecular complexity index is 448. The second-order valence-corrected chi connectivity index (χ2v) is 8.96. The molecule has 0 saturated carbocycles. The average molecular weight is 385 g/mol. The third-order valence-corrected chi connectivity index (χ3v) is 5.44. The molecule has 0 amide bonds. The average Bonchev–Trinajstić information content (AvgIpc) is 3.08. The number of carbonyl (C=O) groups is 1. The van der Waals surface area contributed by atoms with Gasteiger partial charge in [-0.1, -0.05) is 64.7 Å². The van der Waals surface area contributed by atoms with E-state index in [0.29, 0.717) is 0 Å². The lowest BCUT2D eigenvalue weighted by Crippen LogP contribution is -2.42. The molecule has 0 unspecified atom stereocenters. The van der Waals surface area contributed by atoms with Crippen molar-refractivity contribution in [1.82, 2.24) is 0 Å². The van der Waals surface area contributed by atoms with Crippen LogP contribution in [0.4, 0.5) is 0 Å². The van der Waals surface area contributed by atoms with Gasteiger partial charge in [-0.15, -0.1) is 0 Å². The first-order valence-corrected chi connectivity index (χ1v) is 10.9. The van der Waals surface area contributed by atoms with Crippen LogP contribution in [0.5, 0.6) is 0 Å². The number of carbonyl (C=O) groups excluding carboxylic acids is 1. The van der Waals surface area contributed by atoms with E-state index in [1.165, 1.54) is 51.4 Å². The summed E-state index contributed by atoms with van der Waals surface area (Å²) in [5.41, 5.74) is 0. The Kier molecular flexibility index (Phi) is 8.72. The molecule has 0 aromatic carbocycles. The molecule has 2 heterocycles. The molecule has 0 aromatic heterocycles. The SMILES string of the molecule is CCCCCCCCCCC[C@@H]1OC(C)(C)O[C@H]1[C@H]1OC(C)(C)O[C@@H]1C=O. The van der Waals surface area contributed by atoms with Gasteiger partial charge < -0.3 is 23.7 Å². The number of hydrogen-bond donors (Lipinski definition) is 0. The molecule has 0 aromatic rings. The predicted octanol–water partition coefficient (Wildman–Crippen LogP) is 5.15. The van der Waals surface area contributed by atoms with E-state index in [1.54, 1.807) is 0 Å². The highest BCUT2D eigenvalue weighted by atomic mass is 16.8. The van der Waals surface area contributed by atoms with E-state index < -0.39 is 23.8 Å². The van der Waals surface area contributed by atoms with Crippen molar-refractivity contribution in [3.63, 3.8) is 0 Å². The normalized spacial score (nSPS) is 32.0. The van der Waals surface area contributed by atoms with E-state index in [1.807, 2.05) is 27.7 Å². The fourth-order valence-electron chi connectivity index (χ4n) is 4.20. The van der Waals surface area contributed by atoms with E-state index in [4.69, 9.17) is 18.9 Å². The van der Waals surface area contributed by atoms with Gasteiger partial charge in [0.25, 0.3) is 0 Å². The first-order chi connectivity index (χ1) is 12.8. The van der Waals surface area contributed by atoms with Crippen molar-refractivity contribution >= 4 is 6.29 Å². The Morgan fingerprint density at radius 3 is 1.81 bits per heavy atom. The fourth-order valence-corrected chi connectivity index (χ4v) is 4.20. The number of unbranched alkanes of at least 4 members (excludes halogenated alkanes) is 8. The van der Waals surface area contributed by atoms with Crippen LogP contribution in [-0.2, 0) is 23.7 Å². The molecule has 4 atom stereocenters. The number of hydrogen-bond acceptors (Lipinski definition) is 5. The van der Waals surface area contributed by atoms with Crippen LogP contribution in [0, 0.1) is 0 Å². The Morgan fingerprint density at radius 1 is 0.704 bits per heavy atom. The van der Waals surface area contributed by atoms with Crippen molar-refractivity contribution in [3.8, 4) is 0 Å². The largest absolute Gasteiger partial charge is 0.344 e. The number of rotatable bonds is 12. The Balaban J connectivity index is 1.76. The van der Waals surface area contributed by atoms with Gasteiger partial charge in [-0.2, -0.15) is 0 Å². The predicted molar refractivity (Wildman–Crippen MR) is 106 cm³/mol. The molecule has 2 saturated heterocycles. The molecule has 2 aliphatic heterocycles. The van der Waals surface area contributed by atoms with Crippen LogP contribution in [0.25, 0.3) is 0 Å². The van der Waals surface area contributed by atoms with Crippen LogP contribution in [0.2, 0.25) is 0 Å². The molecule has 158 valence electrons. The van der Waals surface area contributed by atoms with Crippen LogP contribution < -0.4 is 0 Å². The van der Waals surface area contributed by atoms with Crippen molar-refractivity contribution in [2.45, 2.75) is 135 Å². The topological polar surface area (TPSA) is 54.0 Å². The number of aldehydes is 1. The van der Waals surface area contributed by atoms with Crippen molar-refractivity contribution in [1.29, 1.82) is 0 Å². The lowest BCUT2D eigenvalue weighted by Gasteiger charge is -2.24. The van der Waals surface area contributed by atoms with E-state index in [2.05, 4.69) is 6.92 Å². The lowest BCUT2D eigenvalue weighted by molar-refractivity contribution is -0.175. The minimum absolute atomic E-state index is 0.0606. The van der Waals surface area contributed by atoms with Gasteiger partial charge in [0.1, 0.15) is 18.3 Å². The van der Waals surface area contributed by atoms with E-state index in [9.17, 15) is 4.79 Å². The van der Waals surface area contributed by atoms with Crippen LogP contribution in [0.3, 0.4) is 0 Å². The van der Waals surface area contributed by atoms with Crippen LogP contribution >= 0.6 is 0 Å². The van der Waals surface area contributed by atoms with Gasteiger partial charge in [-0.3, -0.25) is 0 Å². The summed E-state index contributed by atoms with van der Waals surface area (Å²) in [4.78, 5) is 11.5. The molecule has 0 N–H and O–H groups in total. The van der Waals surface area contributed by atoms with Crippen molar-refractivity contribution in [2.24, 2.45) is 0 Å². The molecule has 0 bridgehead atoms. The molecule has 5 heteroatoms. The highest BCUT2D eigenvalue weighted by molar-refractivity contribution is 5.58. The van der Waals surface area contributed by atoms with Crippen LogP contribution in [0.15, 0.2) is 0 Å². The zero-order chi connectivity index (χ0) is 19.9. The summed E-state index contributed by atoms with van der Waals surface area (Å²) in [7, 11) is 0. The summed E-state index contributed by atoms with van der Waals surface area (Å²) in [5, 5.41) is 0. The fraction of sp³-hybridized carbons (Fsp3) is 0.955. The van der Waals surface area contributed by atoms with Gasteiger partial charge in [-0.25, -0.2) is 0 Å². The Hall–Kier alpha value is -0.490. The van der Waals surface area contributed by atoms with E-state index >= 15 is 0 Å². The van der Waals surface area contributed by atoms with E-state index in [-0.39, 0.29) is 12.2 Å². The molecular formula is C22H40O5. The monoisotopic (exact) mass is 384 g/mol. The third-order valence-electron chi connectivity index (χ3n) is 5.44. The zero-order valence-corrected chi connectivity index (χ0v) is 18.0. The third kappa shape index (κ3) is 7.12. The molecule has 2 aliphatic rings. The van der Waals surface area contributed by atoms with Crippen molar-refractivity contribution < 1.29 is 23.7 Å². The van der Waals surface area contributed by atoms with Crippen molar-refractivity contribution in [2.75, 3.05) is 0 Å². The summed E-state index contributed by atoms with van der Waals surface area (Å²) in [5.74, 6) is -1.42. The van der Waals surface area contributed by atoms with Crippen molar-refractivity contribution in [3.05, 3.63) is 0 Å². The van der Waals surface area contributed by atoms with Crippen LogP contribution in [-0.4, -0.2) is 42.3 Å². The van der Waals surface area contributed by atoms with Gasteiger partial charge >= 0.3 is 0 Å². The maximum absolute atomic E-state index is 11.5.